The fourth-order valence-electron chi connectivity index (χ4n) is 2.82. The first-order valence-electron chi connectivity index (χ1n) is 7.14. The molecule has 0 aliphatic rings. The molecule has 3 nitrogen and oxygen atoms in total. The Labute approximate surface area is 129 Å². The molecule has 1 aromatic carbocycles. The summed E-state index contributed by atoms with van der Waals surface area (Å²) in [5.74, 6) is 1.60. The summed E-state index contributed by atoms with van der Waals surface area (Å²) in [5, 5.41) is 0. The van der Waals surface area contributed by atoms with Crippen molar-refractivity contribution < 1.29 is 0 Å². The second-order valence-corrected chi connectivity index (χ2v) is 5.62. The van der Waals surface area contributed by atoms with Gasteiger partial charge in [0.1, 0.15) is 5.82 Å². The van der Waals surface area contributed by atoms with Crippen molar-refractivity contribution in [1.29, 1.82) is 0 Å². The number of aryl methyl sites for hydroxylation is 2. The minimum absolute atomic E-state index is 0.183. The van der Waals surface area contributed by atoms with Crippen LogP contribution in [0.3, 0.4) is 0 Å². The molecule has 2 aromatic heterocycles. The van der Waals surface area contributed by atoms with Crippen molar-refractivity contribution >= 4 is 22.6 Å². The van der Waals surface area contributed by atoms with Gasteiger partial charge < -0.3 is 4.57 Å². The number of rotatable bonds is 4. The summed E-state index contributed by atoms with van der Waals surface area (Å²) in [4.78, 5) is 9.00. The van der Waals surface area contributed by atoms with Gasteiger partial charge in [0.2, 0.25) is 0 Å². The van der Waals surface area contributed by atoms with Crippen LogP contribution in [0, 0.1) is 6.92 Å². The van der Waals surface area contributed by atoms with Crippen LogP contribution in [-0.2, 0) is 6.42 Å². The summed E-state index contributed by atoms with van der Waals surface area (Å²) >= 11 is 5.96. The highest BCUT2D eigenvalue weighted by Crippen LogP contribution is 2.28. The van der Waals surface area contributed by atoms with Crippen molar-refractivity contribution in [2.45, 2.75) is 26.3 Å². The first-order chi connectivity index (χ1) is 10.2. The summed E-state index contributed by atoms with van der Waals surface area (Å²) in [6.45, 7) is 4.31. The van der Waals surface area contributed by atoms with Gasteiger partial charge in [-0.2, -0.15) is 0 Å². The van der Waals surface area contributed by atoms with Crippen LogP contribution in [0.15, 0.2) is 42.7 Å². The molecule has 0 fully saturated rings. The van der Waals surface area contributed by atoms with Gasteiger partial charge in [0.25, 0.3) is 0 Å². The summed E-state index contributed by atoms with van der Waals surface area (Å²) in [7, 11) is 0. The lowest BCUT2D eigenvalue weighted by atomic mass is 10.1. The average molecular weight is 300 g/mol. The predicted octanol–water partition coefficient (Wildman–Crippen LogP) is 4.13. The molecule has 0 saturated heterocycles. The van der Waals surface area contributed by atoms with Gasteiger partial charge in [0, 0.05) is 24.7 Å². The van der Waals surface area contributed by atoms with Crippen LogP contribution in [0.2, 0.25) is 0 Å². The van der Waals surface area contributed by atoms with Gasteiger partial charge >= 0.3 is 0 Å². The highest BCUT2D eigenvalue weighted by atomic mass is 35.5. The van der Waals surface area contributed by atoms with E-state index in [2.05, 4.69) is 41.6 Å². The molecule has 0 aliphatic heterocycles. The lowest BCUT2D eigenvalue weighted by Crippen LogP contribution is -2.12. The number of nitrogens with zero attached hydrogens (tertiary/aromatic N) is 3. The van der Waals surface area contributed by atoms with Crippen LogP contribution in [0.25, 0.3) is 11.0 Å². The Kier molecular flexibility index (Phi) is 3.93. The molecule has 0 bridgehead atoms. The molecule has 2 heterocycles. The van der Waals surface area contributed by atoms with Gasteiger partial charge in [-0.25, -0.2) is 4.98 Å². The van der Waals surface area contributed by atoms with E-state index < -0.39 is 0 Å². The Bertz CT molecular complexity index is 749. The normalized spacial score (nSPS) is 12.7. The first-order valence-corrected chi connectivity index (χ1v) is 7.68. The maximum absolute atomic E-state index is 5.96. The monoisotopic (exact) mass is 299 g/mol. The van der Waals surface area contributed by atoms with Crippen LogP contribution < -0.4 is 0 Å². The number of aromatic nitrogens is 3. The number of fused-ring (bicyclic) bond motifs is 1. The zero-order valence-electron chi connectivity index (χ0n) is 12.3. The van der Waals surface area contributed by atoms with Crippen LogP contribution in [0.1, 0.15) is 29.9 Å². The van der Waals surface area contributed by atoms with Crippen molar-refractivity contribution in [1.82, 2.24) is 14.5 Å². The minimum Gasteiger partial charge on any atom is -0.320 e. The predicted molar refractivity (Wildman–Crippen MR) is 86.9 cm³/mol. The van der Waals surface area contributed by atoms with E-state index in [1.807, 2.05) is 18.3 Å². The molecule has 0 spiro atoms. The average Bonchev–Trinajstić information content (AvgIpc) is 2.87. The summed E-state index contributed by atoms with van der Waals surface area (Å²) in [6, 6.07) is 10.5. The maximum Gasteiger partial charge on any atom is 0.111 e. The van der Waals surface area contributed by atoms with Crippen molar-refractivity contribution in [2.75, 3.05) is 5.88 Å². The number of benzene rings is 1. The molecular weight excluding hydrogens is 282 g/mol. The fraction of sp³-hybridized carbons (Fsp3) is 0.294. The van der Waals surface area contributed by atoms with E-state index in [4.69, 9.17) is 16.6 Å². The molecule has 0 aliphatic carbocycles. The molecule has 0 amide bonds. The molecular formula is C17H18ClN3. The van der Waals surface area contributed by atoms with E-state index in [0.717, 1.165) is 17.8 Å². The molecule has 108 valence electrons. The molecule has 0 saturated carbocycles. The van der Waals surface area contributed by atoms with E-state index in [9.17, 15) is 0 Å². The van der Waals surface area contributed by atoms with Crippen LogP contribution >= 0.6 is 11.6 Å². The third-order valence-electron chi connectivity index (χ3n) is 3.86. The standard InChI is InChI=1S/C17H18ClN3/c1-12-5-3-7-15-17(12)21(16(20-15)8-9-18)13(2)14-6-4-10-19-11-14/h3-7,10-11,13H,8-9H2,1-2H3. The largest absolute Gasteiger partial charge is 0.320 e. The van der Waals surface area contributed by atoms with Crippen molar-refractivity contribution in [3.63, 3.8) is 0 Å². The summed E-state index contributed by atoms with van der Waals surface area (Å²) in [6.07, 6.45) is 4.48. The number of hydrogen-bond acceptors (Lipinski definition) is 2. The summed E-state index contributed by atoms with van der Waals surface area (Å²) in [5.41, 5.74) is 4.63. The van der Waals surface area contributed by atoms with E-state index in [1.165, 1.54) is 16.6 Å². The first kappa shape index (κ1) is 14.1. The molecule has 0 N–H and O–H groups in total. The van der Waals surface area contributed by atoms with Crippen LogP contribution in [0.4, 0.5) is 0 Å². The van der Waals surface area contributed by atoms with E-state index >= 15 is 0 Å². The number of imidazole rings is 1. The van der Waals surface area contributed by atoms with Gasteiger partial charge in [-0.05, 0) is 37.1 Å². The Balaban J connectivity index is 2.21. The SMILES string of the molecule is Cc1cccc2nc(CCCl)n(C(C)c3cccnc3)c12. The highest BCUT2D eigenvalue weighted by Gasteiger charge is 2.18. The highest BCUT2D eigenvalue weighted by molar-refractivity contribution is 6.17. The third kappa shape index (κ3) is 2.54. The van der Waals surface area contributed by atoms with Crippen molar-refractivity contribution in [2.24, 2.45) is 0 Å². The quantitative estimate of drug-likeness (QED) is 0.678. The fourth-order valence-corrected chi connectivity index (χ4v) is 2.99. The smallest absolute Gasteiger partial charge is 0.111 e. The molecule has 1 atom stereocenters. The minimum atomic E-state index is 0.183. The zero-order chi connectivity index (χ0) is 14.8. The topological polar surface area (TPSA) is 30.7 Å². The molecule has 3 rings (SSSR count). The molecule has 0 radical (unpaired) electrons. The molecule has 21 heavy (non-hydrogen) atoms. The summed E-state index contributed by atoms with van der Waals surface area (Å²) < 4.78 is 2.30. The Morgan fingerprint density at radius 1 is 1.24 bits per heavy atom. The third-order valence-corrected chi connectivity index (χ3v) is 4.05. The van der Waals surface area contributed by atoms with Gasteiger partial charge in [0.05, 0.1) is 17.1 Å². The number of pyridine rings is 1. The van der Waals surface area contributed by atoms with Crippen molar-refractivity contribution in [3.8, 4) is 0 Å². The molecule has 1 unspecified atom stereocenters. The maximum atomic E-state index is 5.96. The lowest BCUT2D eigenvalue weighted by molar-refractivity contribution is 0.620. The van der Waals surface area contributed by atoms with Crippen molar-refractivity contribution in [3.05, 3.63) is 59.7 Å². The van der Waals surface area contributed by atoms with Crippen LogP contribution in [-0.4, -0.2) is 20.4 Å². The van der Waals surface area contributed by atoms with Gasteiger partial charge in [-0.1, -0.05) is 18.2 Å². The van der Waals surface area contributed by atoms with Gasteiger partial charge in [0.15, 0.2) is 0 Å². The Morgan fingerprint density at radius 3 is 2.81 bits per heavy atom. The number of para-hydroxylation sites is 1. The lowest BCUT2D eigenvalue weighted by Gasteiger charge is -2.18. The van der Waals surface area contributed by atoms with Gasteiger partial charge in [-0.15, -0.1) is 11.6 Å². The Hall–Kier alpha value is -1.87. The van der Waals surface area contributed by atoms with E-state index in [-0.39, 0.29) is 6.04 Å². The number of halogens is 1. The number of alkyl halides is 1. The van der Waals surface area contributed by atoms with E-state index in [1.54, 1.807) is 6.20 Å². The van der Waals surface area contributed by atoms with E-state index in [0.29, 0.717) is 5.88 Å². The molecule has 3 aromatic rings. The zero-order valence-corrected chi connectivity index (χ0v) is 13.0. The number of hydrogen-bond donors (Lipinski definition) is 0. The second kappa shape index (κ2) is 5.86. The Morgan fingerprint density at radius 2 is 2.10 bits per heavy atom. The molecule has 4 heteroatoms. The van der Waals surface area contributed by atoms with Crippen LogP contribution in [0.5, 0.6) is 0 Å². The van der Waals surface area contributed by atoms with Gasteiger partial charge in [-0.3, -0.25) is 4.98 Å². The second-order valence-electron chi connectivity index (χ2n) is 5.24.